The number of benzene rings is 1. The summed E-state index contributed by atoms with van der Waals surface area (Å²) in [7, 11) is 1.98. The lowest BCUT2D eigenvalue weighted by Gasteiger charge is -2.17. The highest BCUT2D eigenvalue weighted by molar-refractivity contribution is 5.28. The molecule has 2 heteroatoms. The molecule has 2 rings (SSSR count). The standard InChI is InChI=1S/C14H18N2/c1-15-13-9-5-6-10-14(13)16-11-12-7-3-2-4-8-12/h2-4,6-8,10,15-16H,5,9,11H2,1H3. The molecule has 1 aliphatic carbocycles. The Balaban J connectivity index is 1.99. The van der Waals surface area contributed by atoms with Gasteiger partial charge in [0.15, 0.2) is 0 Å². The molecule has 1 aromatic carbocycles. The van der Waals surface area contributed by atoms with Crippen LogP contribution in [0.3, 0.4) is 0 Å². The van der Waals surface area contributed by atoms with Crippen molar-refractivity contribution in [3.05, 3.63) is 59.4 Å². The molecule has 0 saturated carbocycles. The van der Waals surface area contributed by atoms with E-state index in [9.17, 15) is 0 Å². The molecule has 84 valence electrons. The molecule has 1 aromatic rings. The van der Waals surface area contributed by atoms with Gasteiger partial charge in [-0.2, -0.15) is 0 Å². The molecule has 0 bridgehead atoms. The van der Waals surface area contributed by atoms with Crippen LogP contribution in [0.15, 0.2) is 53.9 Å². The molecule has 1 aliphatic rings. The Hall–Kier alpha value is -1.70. The van der Waals surface area contributed by atoms with Crippen molar-refractivity contribution in [3.8, 4) is 0 Å². The van der Waals surface area contributed by atoms with Crippen molar-refractivity contribution in [2.24, 2.45) is 0 Å². The average Bonchev–Trinajstić information content (AvgIpc) is 2.38. The zero-order chi connectivity index (χ0) is 11.2. The first kappa shape index (κ1) is 10.8. The van der Waals surface area contributed by atoms with Gasteiger partial charge < -0.3 is 10.6 Å². The zero-order valence-electron chi connectivity index (χ0n) is 9.66. The summed E-state index contributed by atoms with van der Waals surface area (Å²) in [6.45, 7) is 0.881. The van der Waals surface area contributed by atoms with Crippen molar-refractivity contribution in [2.45, 2.75) is 19.4 Å². The van der Waals surface area contributed by atoms with Crippen LogP contribution in [-0.4, -0.2) is 7.05 Å². The van der Waals surface area contributed by atoms with Crippen LogP contribution in [0.2, 0.25) is 0 Å². The van der Waals surface area contributed by atoms with E-state index in [1.54, 1.807) is 0 Å². The average molecular weight is 214 g/mol. The first-order valence-electron chi connectivity index (χ1n) is 5.75. The Bertz CT molecular complexity index is 390. The predicted molar refractivity (Wildman–Crippen MR) is 67.7 cm³/mol. The van der Waals surface area contributed by atoms with Crippen molar-refractivity contribution in [2.75, 3.05) is 7.05 Å². The summed E-state index contributed by atoms with van der Waals surface area (Å²) in [6.07, 6.45) is 6.61. The van der Waals surface area contributed by atoms with Gasteiger partial charge in [0.1, 0.15) is 0 Å². The van der Waals surface area contributed by atoms with E-state index < -0.39 is 0 Å². The third kappa shape index (κ3) is 2.66. The number of nitrogens with one attached hydrogen (secondary N) is 2. The first-order valence-corrected chi connectivity index (χ1v) is 5.75. The zero-order valence-corrected chi connectivity index (χ0v) is 9.66. The summed E-state index contributed by atoms with van der Waals surface area (Å²) in [5.74, 6) is 0. The molecule has 0 heterocycles. The molecule has 0 atom stereocenters. The van der Waals surface area contributed by atoms with Gasteiger partial charge in [-0.3, -0.25) is 0 Å². The Labute approximate surface area is 97.1 Å². The van der Waals surface area contributed by atoms with Gasteiger partial charge in [-0.15, -0.1) is 0 Å². The minimum atomic E-state index is 0.881. The van der Waals surface area contributed by atoms with Crippen LogP contribution in [-0.2, 0) is 6.54 Å². The number of hydrogen-bond donors (Lipinski definition) is 2. The molecule has 16 heavy (non-hydrogen) atoms. The summed E-state index contributed by atoms with van der Waals surface area (Å²) in [4.78, 5) is 0. The van der Waals surface area contributed by atoms with Crippen LogP contribution < -0.4 is 10.6 Å². The molecular formula is C14H18N2. The highest BCUT2D eigenvalue weighted by Crippen LogP contribution is 2.14. The molecular weight excluding hydrogens is 196 g/mol. The van der Waals surface area contributed by atoms with Crippen molar-refractivity contribution in [1.82, 2.24) is 10.6 Å². The number of allylic oxidation sites excluding steroid dienone is 3. The summed E-state index contributed by atoms with van der Waals surface area (Å²) < 4.78 is 0. The predicted octanol–water partition coefficient (Wildman–Crippen LogP) is 2.56. The van der Waals surface area contributed by atoms with Crippen LogP contribution in [0.5, 0.6) is 0 Å². The Morgan fingerprint density at radius 2 is 2.00 bits per heavy atom. The molecule has 0 amide bonds. The fourth-order valence-electron chi connectivity index (χ4n) is 1.88. The lowest BCUT2D eigenvalue weighted by molar-refractivity contribution is 0.745. The van der Waals surface area contributed by atoms with Crippen LogP contribution in [0, 0.1) is 0 Å². The monoisotopic (exact) mass is 214 g/mol. The third-order valence-corrected chi connectivity index (χ3v) is 2.80. The van der Waals surface area contributed by atoms with Gasteiger partial charge in [-0.25, -0.2) is 0 Å². The largest absolute Gasteiger partial charge is 0.390 e. The quantitative estimate of drug-likeness (QED) is 0.805. The fourth-order valence-corrected chi connectivity index (χ4v) is 1.88. The first-order chi connectivity index (χ1) is 7.90. The second kappa shape index (κ2) is 5.40. The highest BCUT2D eigenvalue weighted by atomic mass is 14.9. The van der Waals surface area contributed by atoms with Gasteiger partial charge in [0.05, 0.1) is 5.70 Å². The van der Waals surface area contributed by atoms with Crippen molar-refractivity contribution >= 4 is 0 Å². The third-order valence-electron chi connectivity index (χ3n) is 2.80. The maximum atomic E-state index is 3.47. The van der Waals surface area contributed by atoms with E-state index in [0.29, 0.717) is 0 Å². The van der Waals surface area contributed by atoms with E-state index >= 15 is 0 Å². The molecule has 0 fully saturated rings. The summed E-state index contributed by atoms with van der Waals surface area (Å²) in [6, 6.07) is 10.5. The maximum absolute atomic E-state index is 3.47. The van der Waals surface area contributed by atoms with Gasteiger partial charge >= 0.3 is 0 Å². The summed E-state index contributed by atoms with van der Waals surface area (Å²) >= 11 is 0. The minimum absolute atomic E-state index is 0.881. The Morgan fingerprint density at radius 1 is 1.19 bits per heavy atom. The number of hydrogen-bond acceptors (Lipinski definition) is 2. The van der Waals surface area contributed by atoms with E-state index in [4.69, 9.17) is 0 Å². The van der Waals surface area contributed by atoms with E-state index in [1.165, 1.54) is 17.0 Å². The van der Waals surface area contributed by atoms with Crippen molar-refractivity contribution in [3.63, 3.8) is 0 Å². The molecule has 0 aromatic heterocycles. The highest BCUT2D eigenvalue weighted by Gasteiger charge is 2.05. The van der Waals surface area contributed by atoms with Crippen LogP contribution in [0.25, 0.3) is 0 Å². The topological polar surface area (TPSA) is 24.1 Å². The summed E-state index contributed by atoms with van der Waals surface area (Å²) in [5, 5.41) is 6.73. The molecule has 0 saturated heterocycles. The summed E-state index contributed by atoms with van der Waals surface area (Å²) in [5.41, 5.74) is 3.83. The van der Waals surface area contributed by atoms with Crippen LogP contribution >= 0.6 is 0 Å². The molecule has 0 radical (unpaired) electrons. The van der Waals surface area contributed by atoms with E-state index in [0.717, 1.165) is 19.4 Å². The number of rotatable bonds is 4. The normalized spacial score (nSPS) is 15.1. The second-order valence-corrected chi connectivity index (χ2v) is 3.92. The lowest BCUT2D eigenvalue weighted by atomic mass is 10.1. The Morgan fingerprint density at radius 3 is 2.75 bits per heavy atom. The molecule has 0 unspecified atom stereocenters. The van der Waals surface area contributed by atoms with E-state index in [-0.39, 0.29) is 0 Å². The van der Waals surface area contributed by atoms with E-state index in [1.807, 2.05) is 13.1 Å². The minimum Gasteiger partial charge on any atom is -0.390 e. The Kier molecular flexibility index (Phi) is 3.65. The van der Waals surface area contributed by atoms with E-state index in [2.05, 4.69) is 47.1 Å². The lowest BCUT2D eigenvalue weighted by Crippen LogP contribution is -2.20. The smallest absolute Gasteiger partial charge is 0.0532 e. The van der Waals surface area contributed by atoms with Gasteiger partial charge in [0, 0.05) is 19.3 Å². The molecule has 2 N–H and O–H groups in total. The maximum Gasteiger partial charge on any atom is 0.0532 e. The van der Waals surface area contributed by atoms with Crippen LogP contribution in [0.1, 0.15) is 18.4 Å². The fraction of sp³-hybridized carbons (Fsp3) is 0.286. The van der Waals surface area contributed by atoms with Crippen molar-refractivity contribution < 1.29 is 0 Å². The van der Waals surface area contributed by atoms with Gasteiger partial charge in [-0.05, 0) is 24.5 Å². The van der Waals surface area contributed by atoms with Crippen molar-refractivity contribution in [1.29, 1.82) is 0 Å². The molecule has 0 spiro atoms. The van der Waals surface area contributed by atoms with Crippen LogP contribution in [0.4, 0.5) is 0 Å². The van der Waals surface area contributed by atoms with Gasteiger partial charge in [0.25, 0.3) is 0 Å². The van der Waals surface area contributed by atoms with Gasteiger partial charge in [-0.1, -0.05) is 36.4 Å². The SMILES string of the molecule is CNC1=C(NCc2ccccc2)C=CCC1. The van der Waals surface area contributed by atoms with Gasteiger partial charge in [0.2, 0.25) is 0 Å². The second-order valence-electron chi connectivity index (χ2n) is 3.92. The molecule has 2 nitrogen and oxygen atoms in total. The molecule has 0 aliphatic heterocycles.